The van der Waals surface area contributed by atoms with Crippen LogP contribution in [-0.4, -0.2) is 49.0 Å². The molecule has 7 heteroatoms. The van der Waals surface area contributed by atoms with E-state index in [0.717, 1.165) is 17.0 Å². The maximum absolute atomic E-state index is 12.5. The SMILES string of the molecule is COc1ccc(CCC(=O)N2CCN(c3cccc([N+](=O)[O-])c3)CC2)cc1. The van der Waals surface area contributed by atoms with Gasteiger partial charge in [-0.15, -0.1) is 0 Å². The number of hydrogen-bond donors (Lipinski definition) is 0. The van der Waals surface area contributed by atoms with Crippen LogP contribution in [0, 0.1) is 10.1 Å². The van der Waals surface area contributed by atoms with Gasteiger partial charge in [0.25, 0.3) is 5.69 Å². The predicted molar refractivity (Wildman–Crippen MR) is 103 cm³/mol. The van der Waals surface area contributed by atoms with Crippen molar-refractivity contribution in [1.29, 1.82) is 0 Å². The van der Waals surface area contributed by atoms with Gasteiger partial charge in [-0.3, -0.25) is 14.9 Å². The normalized spacial score (nSPS) is 14.1. The minimum Gasteiger partial charge on any atom is -0.497 e. The van der Waals surface area contributed by atoms with E-state index in [1.165, 1.54) is 6.07 Å². The number of ether oxygens (including phenoxy) is 1. The predicted octanol–water partition coefficient (Wildman–Crippen LogP) is 2.88. The average molecular weight is 369 g/mol. The Bertz CT molecular complexity index is 799. The van der Waals surface area contributed by atoms with E-state index in [0.29, 0.717) is 39.0 Å². The van der Waals surface area contributed by atoms with E-state index in [-0.39, 0.29) is 16.5 Å². The van der Waals surface area contributed by atoms with Crippen LogP contribution in [0.2, 0.25) is 0 Å². The van der Waals surface area contributed by atoms with Crippen LogP contribution in [0.5, 0.6) is 5.75 Å². The standard InChI is InChI=1S/C20H23N3O4/c1-27-19-8-5-16(6-9-19)7-10-20(24)22-13-11-21(12-14-22)17-3-2-4-18(15-17)23(25)26/h2-6,8-9,15H,7,10-14H2,1H3. The molecule has 0 N–H and O–H groups in total. The van der Waals surface area contributed by atoms with Crippen LogP contribution in [0.15, 0.2) is 48.5 Å². The van der Waals surface area contributed by atoms with Crippen molar-refractivity contribution >= 4 is 17.3 Å². The molecule has 3 rings (SSSR count). The monoisotopic (exact) mass is 369 g/mol. The van der Waals surface area contributed by atoms with Crippen molar-refractivity contribution in [2.75, 3.05) is 38.2 Å². The van der Waals surface area contributed by atoms with E-state index in [9.17, 15) is 14.9 Å². The summed E-state index contributed by atoms with van der Waals surface area (Å²) in [5.41, 5.74) is 2.03. The van der Waals surface area contributed by atoms with Crippen molar-refractivity contribution in [3.05, 3.63) is 64.2 Å². The molecule has 1 amide bonds. The second-order valence-electron chi connectivity index (χ2n) is 6.49. The van der Waals surface area contributed by atoms with Crippen molar-refractivity contribution < 1.29 is 14.5 Å². The Morgan fingerprint density at radius 1 is 1.11 bits per heavy atom. The first-order chi connectivity index (χ1) is 13.1. The Hall–Kier alpha value is -3.09. The summed E-state index contributed by atoms with van der Waals surface area (Å²) in [5, 5.41) is 10.9. The zero-order valence-corrected chi connectivity index (χ0v) is 15.3. The van der Waals surface area contributed by atoms with Crippen molar-refractivity contribution in [3.8, 4) is 5.75 Å². The Labute approximate surface area is 158 Å². The quantitative estimate of drug-likeness (QED) is 0.578. The van der Waals surface area contributed by atoms with Gasteiger partial charge in [-0.1, -0.05) is 18.2 Å². The third-order valence-electron chi connectivity index (χ3n) is 4.82. The molecular formula is C20H23N3O4. The molecule has 7 nitrogen and oxygen atoms in total. The summed E-state index contributed by atoms with van der Waals surface area (Å²) in [6.45, 7) is 2.61. The molecule has 0 atom stereocenters. The van der Waals surface area contributed by atoms with Crippen molar-refractivity contribution in [2.24, 2.45) is 0 Å². The lowest BCUT2D eigenvalue weighted by atomic mass is 10.1. The maximum Gasteiger partial charge on any atom is 0.271 e. The molecule has 0 bridgehead atoms. The van der Waals surface area contributed by atoms with Crippen LogP contribution < -0.4 is 9.64 Å². The third-order valence-corrected chi connectivity index (χ3v) is 4.82. The number of nitro benzene ring substituents is 1. The first-order valence-corrected chi connectivity index (χ1v) is 8.97. The topological polar surface area (TPSA) is 75.9 Å². The number of rotatable bonds is 6. The van der Waals surface area contributed by atoms with Crippen LogP contribution in [0.1, 0.15) is 12.0 Å². The highest BCUT2D eigenvalue weighted by atomic mass is 16.6. The van der Waals surface area contributed by atoms with Crippen molar-refractivity contribution in [2.45, 2.75) is 12.8 Å². The van der Waals surface area contributed by atoms with E-state index in [2.05, 4.69) is 4.90 Å². The number of amides is 1. The second-order valence-corrected chi connectivity index (χ2v) is 6.49. The molecule has 0 aromatic heterocycles. The molecule has 2 aromatic rings. The summed E-state index contributed by atoms with van der Waals surface area (Å²) in [7, 11) is 1.63. The molecule has 0 aliphatic carbocycles. The number of aryl methyl sites for hydroxylation is 1. The molecule has 1 heterocycles. The van der Waals surface area contributed by atoms with Gasteiger partial charge in [0, 0.05) is 50.4 Å². The van der Waals surface area contributed by atoms with Gasteiger partial charge in [-0.2, -0.15) is 0 Å². The summed E-state index contributed by atoms with van der Waals surface area (Å²) in [6.07, 6.45) is 1.18. The van der Waals surface area contributed by atoms with E-state index in [4.69, 9.17) is 4.74 Å². The lowest BCUT2D eigenvalue weighted by Crippen LogP contribution is -2.48. The number of benzene rings is 2. The molecule has 1 saturated heterocycles. The van der Waals surface area contributed by atoms with Crippen molar-refractivity contribution in [3.63, 3.8) is 0 Å². The zero-order valence-electron chi connectivity index (χ0n) is 15.3. The Kier molecular flexibility index (Phi) is 5.90. The largest absolute Gasteiger partial charge is 0.497 e. The van der Waals surface area contributed by atoms with Crippen molar-refractivity contribution in [1.82, 2.24) is 4.90 Å². The molecule has 1 aliphatic heterocycles. The fourth-order valence-electron chi connectivity index (χ4n) is 3.22. The molecule has 0 spiro atoms. The van der Waals surface area contributed by atoms with Gasteiger partial charge in [-0.25, -0.2) is 0 Å². The number of hydrogen-bond acceptors (Lipinski definition) is 5. The van der Waals surface area contributed by atoms with Gasteiger partial charge >= 0.3 is 0 Å². The fourth-order valence-corrected chi connectivity index (χ4v) is 3.22. The number of anilines is 1. The minimum absolute atomic E-state index is 0.0884. The number of carbonyl (C=O) groups is 1. The van der Waals surface area contributed by atoms with E-state index >= 15 is 0 Å². The highest BCUT2D eigenvalue weighted by molar-refractivity contribution is 5.76. The lowest BCUT2D eigenvalue weighted by molar-refractivity contribution is -0.384. The molecule has 27 heavy (non-hydrogen) atoms. The zero-order chi connectivity index (χ0) is 19.2. The average Bonchev–Trinajstić information content (AvgIpc) is 2.72. The summed E-state index contributed by atoms with van der Waals surface area (Å²) in [4.78, 5) is 27.0. The van der Waals surface area contributed by atoms with Crippen LogP contribution in [0.25, 0.3) is 0 Å². The van der Waals surface area contributed by atoms with Gasteiger partial charge < -0.3 is 14.5 Å². The minimum atomic E-state index is -0.386. The first kappa shape index (κ1) is 18.7. The fraction of sp³-hybridized carbons (Fsp3) is 0.350. The van der Waals surface area contributed by atoms with Crippen LogP contribution >= 0.6 is 0 Å². The van der Waals surface area contributed by atoms with Gasteiger partial charge in [0.05, 0.1) is 12.0 Å². The summed E-state index contributed by atoms with van der Waals surface area (Å²) >= 11 is 0. The van der Waals surface area contributed by atoms with Crippen LogP contribution in [0.4, 0.5) is 11.4 Å². The Morgan fingerprint density at radius 3 is 2.44 bits per heavy atom. The van der Waals surface area contributed by atoms with Crippen LogP contribution in [0.3, 0.4) is 0 Å². The molecule has 142 valence electrons. The maximum atomic E-state index is 12.5. The molecule has 0 saturated carbocycles. The molecule has 2 aromatic carbocycles. The van der Waals surface area contributed by atoms with E-state index in [1.807, 2.05) is 35.2 Å². The summed E-state index contributed by atoms with van der Waals surface area (Å²) < 4.78 is 5.14. The molecule has 1 aliphatic rings. The lowest BCUT2D eigenvalue weighted by Gasteiger charge is -2.36. The number of carbonyl (C=O) groups excluding carboxylic acids is 1. The van der Waals surface area contributed by atoms with E-state index < -0.39 is 0 Å². The smallest absolute Gasteiger partial charge is 0.271 e. The number of piperazine rings is 1. The second kappa shape index (κ2) is 8.53. The number of methoxy groups -OCH3 is 1. The molecule has 0 unspecified atom stereocenters. The first-order valence-electron chi connectivity index (χ1n) is 8.97. The highest BCUT2D eigenvalue weighted by Gasteiger charge is 2.22. The molecule has 0 radical (unpaired) electrons. The molecular weight excluding hydrogens is 346 g/mol. The number of nitrogens with zero attached hydrogens (tertiary/aromatic N) is 3. The van der Waals surface area contributed by atoms with Gasteiger partial charge in [0.1, 0.15) is 5.75 Å². The number of non-ortho nitro benzene ring substituents is 1. The van der Waals surface area contributed by atoms with E-state index in [1.54, 1.807) is 19.2 Å². The highest BCUT2D eigenvalue weighted by Crippen LogP contribution is 2.22. The van der Waals surface area contributed by atoms with Gasteiger partial charge in [0.2, 0.25) is 5.91 Å². The van der Waals surface area contributed by atoms with Gasteiger partial charge in [-0.05, 0) is 30.2 Å². The Balaban J connectivity index is 1.50. The van der Waals surface area contributed by atoms with Gasteiger partial charge in [0.15, 0.2) is 0 Å². The summed E-state index contributed by atoms with van der Waals surface area (Å²) in [6, 6.07) is 14.4. The molecule has 1 fully saturated rings. The number of nitro groups is 1. The third kappa shape index (κ3) is 4.75. The van der Waals surface area contributed by atoms with Crippen LogP contribution in [-0.2, 0) is 11.2 Å². The summed E-state index contributed by atoms with van der Waals surface area (Å²) in [5.74, 6) is 0.951. The Morgan fingerprint density at radius 2 is 1.81 bits per heavy atom.